The van der Waals surface area contributed by atoms with Crippen LogP contribution in [0.3, 0.4) is 0 Å². The van der Waals surface area contributed by atoms with Crippen LogP contribution in [0.5, 0.6) is 11.5 Å². The number of amides is 1. The first-order chi connectivity index (χ1) is 9.65. The maximum Gasteiger partial charge on any atom is 0.281 e. The lowest BCUT2D eigenvalue weighted by Crippen LogP contribution is -2.33. The number of carbonyl (C=O) groups excluding carboxylic acids is 1. The Bertz CT molecular complexity index is 430. The van der Waals surface area contributed by atoms with E-state index in [-0.39, 0.29) is 5.91 Å². The van der Waals surface area contributed by atoms with Gasteiger partial charge >= 0.3 is 0 Å². The third-order valence-corrected chi connectivity index (χ3v) is 2.52. The summed E-state index contributed by atoms with van der Waals surface area (Å²) in [6.45, 7) is 4.37. The van der Waals surface area contributed by atoms with E-state index in [1.54, 1.807) is 39.2 Å². The highest BCUT2D eigenvalue weighted by Crippen LogP contribution is 2.29. The molecule has 6 heteroatoms. The number of hydrogen-bond acceptors (Lipinski definition) is 5. The molecule has 0 aliphatic rings. The first-order valence-corrected chi connectivity index (χ1v) is 6.42. The van der Waals surface area contributed by atoms with Gasteiger partial charge in [0.1, 0.15) is 11.5 Å². The summed E-state index contributed by atoms with van der Waals surface area (Å²) >= 11 is 0. The second-order valence-electron chi connectivity index (χ2n) is 3.80. The lowest BCUT2D eigenvalue weighted by molar-refractivity contribution is -0.164. The van der Waals surface area contributed by atoms with Gasteiger partial charge in [-0.25, -0.2) is 0 Å². The van der Waals surface area contributed by atoms with Gasteiger partial charge in [0.15, 0.2) is 0 Å². The lowest BCUT2D eigenvalue weighted by atomic mass is 10.2. The molecule has 1 N–H and O–H groups in total. The van der Waals surface area contributed by atoms with E-state index in [1.165, 1.54) is 7.11 Å². The molecule has 20 heavy (non-hydrogen) atoms. The molecule has 0 aliphatic heterocycles. The van der Waals surface area contributed by atoms with Crippen LogP contribution in [0, 0.1) is 0 Å². The van der Waals surface area contributed by atoms with Crippen LogP contribution in [0.2, 0.25) is 0 Å². The van der Waals surface area contributed by atoms with Crippen molar-refractivity contribution in [3.8, 4) is 11.5 Å². The van der Waals surface area contributed by atoms with E-state index < -0.39 is 6.29 Å². The Balaban J connectivity index is 2.82. The van der Waals surface area contributed by atoms with Crippen LogP contribution in [0.15, 0.2) is 18.2 Å². The zero-order chi connectivity index (χ0) is 15.0. The molecule has 0 saturated heterocycles. The van der Waals surface area contributed by atoms with Crippen molar-refractivity contribution in [1.82, 2.24) is 0 Å². The van der Waals surface area contributed by atoms with E-state index >= 15 is 0 Å². The largest absolute Gasteiger partial charge is 0.497 e. The van der Waals surface area contributed by atoms with Crippen molar-refractivity contribution in [3.63, 3.8) is 0 Å². The van der Waals surface area contributed by atoms with Gasteiger partial charge in [-0.1, -0.05) is 0 Å². The molecule has 1 aromatic rings. The van der Waals surface area contributed by atoms with Crippen molar-refractivity contribution in [3.05, 3.63) is 18.2 Å². The Morgan fingerprint density at radius 1 is 1.15 bits per heavy atom. The topological polar surface area (TPSA) is 66.0 Å². The molecule has 0 radical (unpaired) electrons. The van der Waals surface area contributed by atoms with Crippen LogP contribution in [0.25, 0.3) is 0 Å². The van der Waals surface area contributed by atoms with Crippen LogP contribution in [-0.2, 0) is 14.3 Å². The zero-order valence-corrected chi connectivity index (χ0v) is 12.3. The van der Waals surface area contributed by atoms with Crippen molar-refractivity contribution < 1.29 is 23.7 Å². The van der Waals surface area contributed by atoms with Gasteiger partial charge in [0.25, 0.3) is 5.91 Å². The molecule has 1 amide bonds. The minimum absolute atomic E-state index is 0.378. The Labute approximate surface area is 119 Å². The molecule has 112 valence electrons. The fourth-order valence-electron chi connectivity index (χ4n) is 1.60. The van der Waals surface area contributed by atoms with E-state index in [1.807, 2.05) is 0 Å². The van der Waals surface area contributed by atoms with Gasteiger partial charge in [0, 0.05) is 19.3 Å². The number of hydrogen-bond donors (Lipinski definition) is 1. The van der Waals surface area contributed by atoms with Crippen molar-refractivity contribution >= 4 is 11.6 Å². The average molecular weight is 283 g/mol. The van der Waals surface area contributed by atoms with Crippen molar-refractivity contribution in [1.29, 1.82) is 0 Å². The summed E-state index contributed by atoms with van der Waals surface area (Å²) < 4.78 is 20.8. The molecule has 0 aromatic heterocycles. The Morgan fingerprint density at radius 2 is 1.80 bits per heavy atom. The van der Waals surface area contributed by atoms with Crippen molar-refractivity contribution in [2.24, 2.45) is 0 Å². The van der Waals surface area contributed by atoms with Crippen LogP contribution in [0.4, 0.5) is 5.69 Å². The molecule has 1 rings (SSSR count). The number of methoxy groups -OCH3 is 2. The van der Waals surface area contributed by atoms with Gasteiger partial charge in [-0.15, -0.1) is 0 Å². The standard InChI is InChI=1S/C14H21NO5/c1-5-19-14(20-6-2)13(16)15-11-8-7-10(17-3)9-12(11)18-4/h7-9,14H,5-6H2,1-4H3,(H,15,16). The zero-order valence-electron chi connectivity index (χ0n) is 12.3. The fraction of sp³-hybridized carbons (Fsp3) is 0.500. The van der Waals surface area contributed by atoms with E-state index in [9.17, 15) is 4.79 Å². The maximum absolute atomic E-state index is 12.1. The first kappa shape index (κ1) is 16.3. The highest BCUT2D eigenvalue weighted by Gasteiger charge is 2.20. The smallest absolute Gasteiger partial charge is 0.281 e. The number of carbonyl (C=O) groups is 1. The molecule has 0 bridgehead atoms. The number of benzene rings is 1. The summed E-state index contributed by atoms with van der Waals surface area (Å²) in [6, 6.07) is 5.12. The van der Waals surface area contributed by atoms with Gasteiger partial charge in [-0.2, -0.15) is 0 Å². The third kappa shape index (κ3) is 4.40. The molecular formula is C14H21NO5. The van der Waals surface area contributed by atoms with Crippen LogP contribution in [0.1, 0.15) is 13.8 Å². The normalized spacial score (nSPS) is 10.4. The summed E-state index contributed by atoms with van der Waals surface area (Å²) in [5.74, 6) is 0.771. The molecule has 0 atom stereocenters. The predicted octanol–water partition coefficient (Wildman–Crippen LogP) is 2.04. The number of ether oxygens (including phenoxy) is 4. The third-order valence-electron chi connectivity index (χ3n) is 2.52. The van der Waals surface area contributed by atoms with Gasteiger partial charge in [0.05, 0.1) is 19.9 Å². The van der Waals surface area contributed by atoms with Crippen LogP contribution in [-0.4, -0.2) is 39.6 Å². The SMILES string of the molecule is CCOC(OCC)C(=O)Nc1ccc(OC)cc1OC. The Morgan fingerprint density at radius 3 is 2.30 bits per heavy atom. The summed E-state index contributed by atoms with van der Waals surface area (Å²) in [5.41, 5.74) is 0.530. The maximum atomic E-state index is 12.1. The molecule has 0 unspecified atom stereocenters. The minimum Gasteiger partial charge on any atom is -0.497 e. The van der Waals surface area contributed by atoms with E-state index in [0.717, 1.165) is 0 Å². The van der Waals surface area contributed by atoms with E-state index in [0.29, 0.717) is 30.4 Å². The molecule has 0 spiro atoms. The van der Waals surface area contributed by atoms with Gasteiger partial charge in [-0.05, 0) is 26.0 Å². The van der Waals surface area contributed by atoms with Gasteiger partial charge < -0.3 is 24.3 Å². The highest BCUT2D eigenvalue weighted by atomic mass is 16.7. The first-order valence-electron chi connectivity index (χ1n) is 6.42. The van der Waals surface area contributed by atoms with E-state index in [2.05, 4.69) is 5.32 Å². The van der Waals surface area contributed by atoms with Gasteiger partial charge in [-0.3, -0.25) is 4.79 Å². The molecule has 0 saturated carbocycles. The van der Waals surface area contributed by atoms with E-state index in [4.69, 9.17) is 18.9 Å². The molecular weight excluding hydrogens is 262 g/mol. The summed E-state index contributed by atoms with van der Waals surface area (Å²) in [6.07, 6.45) is -0.934. The van der Waals surface area contributed by atoms with Gasteiger partial charge in [0.2, 0.25) is 6.29 Å². The predicted molar refractivity (Wildman–Crippen MR) is 75.2 cm³/mol. The molecule has 0 aliphatic carbocycles. The lowest BCUT2D eigenvalue weighted by Gasteiger charge is -2.17. The van der Waals surface area contributed by atoms with Crippen LogP contribution < -0.4 is 14.8 Å². The molecule has 6 nitrogen and oxygen atoms in total. The Hall–Kier alpha value is -1.79. The monoisotopic (exact) mass is 283 g/mol. The summed E-state index contributed by atoms with van der Waals surface area (Å²) in [5, 5.41) is 2.71. The van der Waals surface area contributed by atoms with Crippen LogP contribution >= 0.6 is 0 Å². The number of nitrogens with one attached hydrogen (secondary N) is 1. The fourth-order valence-corrected chi connectivity index (χ4v) is 1.60. The number of anilines is 1. The molecule has 0 heterocycles. The van der Waals surface area contributed by atoms with Crippen molar-refractivity contribution in [2.75, 3.05) is 32.8 Å². The second kappa shape index (κ2) is 8.39. The second-order valence-corrected chi connectivity index (χ2v) is 3.80. The summed E-state index contributed by atoms with van der Waals surface area (Å²) in [4.78, 5) is 12.1. The Kier molecular flexibility index (Phi) is 6.83. The number of rotatable bonds is 8. The van der Waals surface area contributed by atoms with Crippen molar-refractivity contribution in [2.45, 2.75) is 20.1 Å². The molecule has 1 aromatic carbocycles. The average Bonchev–Trinajstić information content (AvgIpc) is 2.47. The highest BCUT2D eigenvalue weighted by molar-refractivity contribution is 5.94. The minimum atomic E-state index is -0.934. The summed E-state index contributed by atoms with van der Waals surface area (Å²) in [7, 11) is 3.08. The molecule has 0 fully saturated rings. The quantitative estimate of drug-likeness (QED) is 0.740.